The summed E-state index contributed by atoms with van der Waals surface area (Å²) in [6.07, 6.45) is 0. The molecule has 0 unspecified atom stereocenters. The van der Waals surface area contributed by atoms with Crippen molar-refractivity contribution in [3.63, 3.8) is 0 Å². The van der Waals surface area contributed by atoms with Crippen LogP contribution >= 0.6 is 11.6 Å². The maximum Gasteiger partial charge on any atom is 0.251 e. The molecule has 0 spiro atoms. The summed E-state index contributed by atoms with van der Waals surface area (Å²) in [6.45, 7) is 0.379. The van der Waals surface area contributed by atoms with Crippen LogP contribution in [0.25, 0.3) is 10.9 Å². The lowest BCUT2D eigenvalue weighted by molar-refractivity contribution is 0.751. The van der Waals surface area contributed by atoms with E-state index in [0.717, 1.165) is 10.9 Å². The number of aromatic nitrogens is 3. The molecule has 3 rings (SSSR count). The third-order valence-electron chi connectivity index (χ3n) is 2.91. The number of rotatable bonds is 2. The quantitative estimate of drug-likeness (QED) is 0.719. The van der Waals surface area contributed by atoms with Crippen LogP contribution in [0.1, 0.15) is 5.69 Å². The minimum Gasteiger partial charge on any atom is -0.302 e. The van der Waals surface area contributed by atoms with Gasteiger partial charge in [-0.1, -0.05) is 29.8 Å². The van der Waals surface area contributed by atoms with Crippen molar-refractivity contribution in [2.24, 2.45) is 0 Å². The largest absolute Gasteiger partial charge is 0.302 e. The number of pyridine rings is 1. The van der Waals surface area contributed by atoms with Gasteiger partial charge in [-0.2, -0.15) is 5.10 Å². The number of hydrogen-bond acceptors (Lipinski definition) is 3. The molecule has 0 amide bonds. The van der Waals surface area contributed by atoms with E-state index in [4.69, 9.17) is 11.6 Å². The molecule has 0 aliphatic heterocycles. The Morgan fingerprint density at radius 2 is 1.84 bits per heavy atom. The van der Waals surface area contributed by atoms with Crippen LogP contribution in [0.15, 0.2) is 53.3 Å². The summed E-state index contributed by atoms with van der Waals surface area (Å²) in [7, 11) is 0. The molecule has 2 heterocycles. The molecule has 0 aliphatic rings. The Labute approximate surface area is 114 Å². The number of halogens is 1. The van der Waals surface area contributed by atoms with Crippen molar-refractivity contribution in [1.82, 2.24) is 14.8 Å². The molecule has 0 radical (unpaired) electrons. The second kappa shape index (κ2) is 4.82. The van der Waals surface area contributed by atoms with Gasteiger partial charge in [0.25, 0.3) is 5.56 Å². The molecule has 0 fully saturated rings. The molecular weight excluding hydrogens is 262 g/mol. The van der Waals surface area contributed by atoms with Crippen molar-refractivity contribution in [2.75, 3.05) is 0 Å². The monoisotopic (exact) mass is 271 g/mol. The van der Waals surface area contributed by atoms with Gasteiger partial charge < -0.3 is 4.57 Å². The smallest absolute Gasteiger partial charge is 0.251 e. The van der Waals surface area contributed by atoms with E-state index in [2.05, 4.69) is 10.2 Å². The average Bonchev–Trinajstić information content (AvgIpc) is 2.44. The lowest BCUT2D eigenvalue weighted by atomic mass is 10.2. The lowest BCUT2D eigenvalue weighted by Crippen LogP contribution is -2.20. The first-order chi connectivity index (χ1) is 9.24. The third-order valence-corrected chi connectivity index (χ3v) is 3.11. The van der Waals surface area contributed by atoms with Crippen molar-refractivity contribution >= 4 is 22.5 Å². The van der Waals surface area contributed by atoms with Crippen molar-refractivity contribution in [2.45, 2.75) is 6.54 Å². The van der Waals surface area contributed by atoms with Crippen molar-refractivity contribution in [3.05, 3.63) is 69.7 Å². The van der Waals surface area contributed by atoms with E-state index in [9.17, 15) is 4.79 Å². The van der Waals surface area contributed by atoms with Gasteiger partial charge in [-0.05, 0) is 29.7 Å². The molecule has 0 N–H and O–H groups in total. The van der Waals surface area contributed by atoms with Crippen molar-refractivity contribution in [1.29, 1.82) is 0 Å². The Morgan fingerprint density at radius 3 is 2.63 bits per heavy atom. The minimum absolute atomic E-state index is 0.0598. The van der Waals surface area contributed by atoms with Crippen LogP contribution in [0.4, 0.5) is 0 Å². The second-order valence-electron chi connectivity index (χ2n) is 4.16. The molecule has 0 atom stereocenters. The van der Waals surface area contributed by atoms with Crippen LogP contribution in [-0.2, 0) is 6.54 Å². The molecule has 0 saturated carbocycles. The fourth-order valence-electron chi connectivity index (χ4n) is 2.00. The van der Waals surface area contributed by atoms with E-state index in [0.29, 0.717) is 17.4 Å². The molecule has 2 aromatic heterocycles. The summed E-state index contributed by atoms with van der Waals surface area (Å²) in [5.74, 6) is 0. The number of nitrogens with zero attached hydrogens (tertiary/aromatic N) is 3. The van der Waals surface area contributed by atoms with Crippen LogP contribution in [0, 0.1) is 0 Å². The van der Waals surface area contributed by atoms with Crippen LogP contribution in [0.2, 0.25) is 5.15 Å². The van der Waals surface area contributed by atoms with Gasteiger partial charge in [0.1, 0.15) is 0 Å². The Bertz CT molecular complexity index is 781. The standard InChI is InChI=1S/C14H10ClN3O/c15-13-7-6-11(16-17-13)9-18-12-4-2-1-3-10(12)5-8-14(18)19/h1-8H,9H2. The van der Waals surface area contributed by atoms with Crippen LogP contribution in [0.5, 0.6) is 0 Å². The molecule has 0 aliphatic carbocycles. The third kappa shape index (κ3) is 2.35. The van der Waals surface area contributed by atoms with Gasteiger partial charge in [-0.15, -0.1) is 5.10 Å². The van der Waals surface area contributed by atoms with Crippen molar-refractivity contribution < 1.29 is 0 Å². The number of fused-ring (bicyclic) bond motifs is 1. The lowest BCUT2D eigenvalue weighted by Gasteiger charge is -2.09. The van der Waals surface area contributed by atoms with Gasteiger partial charge in [-0.3, -0.25) is 4.79 Å². The Morgan fingerprint density at radius 1 is 1.00 bits per heavy atom. The molecule has 0 saturated heterocycles. The minimum atomic E-state index is -0.0598. The summed E-state index contributed by atoms with van der Waals surface area (Å²) in [5.41, 5.74) is 1.52. The summed E-state index contributed by atoms with van der Waals surface area (Å²) in [6, 6.07) is 14.6. The number of benzene rings is 1. The molecule has 3 aromatic rings. The van der Waals surface area contributed by atoms with Gasteiger partial charge in [0.2, 0.25) is 0 Å². The topological polar surface area (TPSA) is 47.8 Å². The molecule has 5 heteroatoms. The van der Waals surface area contributed by atoms with Gasteiger partial charge in [0, 0.05) is 6.07 Å². The predicted molar refractivity (Wildman–Crippen MR) is 74.4 cm³/mol. The highest BCUT2D eigenvalue weighted by atomic mass is 35.5. The van der Waals surface area contributed by atoms with E-state index < -0.39 is 0 Å². The Kier molecular flexibility index (Phi) is 3.01. The fourth-order valence-corrected chi connectivity index (χ4v) is 2.10. The number of para-hydroxylation sites is 1. The van der Waals surface area contributed by atoms with E-state index in [1.165, 1.54) is 0 Å². The van der Waals surface area contributed by atoms with Crippen molar-refractivity contribution in [3.8, 4) is 0 Å². The zero-order valence-electron chi connectivity index (χ0n) is 9.95. The highest BCUT2D eigenvalue weighted by Crippen LogP contribution is 2.12. The molecular formula is C14H10ClN3O. The van der Waals surface area contributed by atoms with Gasteiger partial charge in [0.05, 0.1) is 17.8 Å². The maximum absolute atomic E-state index is 12.0. The zero-order valence-corrected chi connectivity index (χ0v) is 10.7. The summed E-state index contributed by atoms with van der Waals surface area (Å²) >= 11 is 5.70. The predicted octanol–water partition coefficient (Wildman–Crippen LogP) is 2.49. The van der Waals surface area contributed by atoms with Gasteiger partial charge in [-0.25, -0.2) is 0 Å². The van der Waals surface area contributed by atoms with Crippen LogP contribution < -0.4 is 5.56 Å². The van der Waals surface area contributed by atoms with Gasteiger partial charge >= 0.3 is 0 Å². The second-order valence-corrected chi connectivity index (χ2v) is 4.55. The Balaban J connectivity index is 2.12. The normalized spacial score (nSPS) is 10.8. The molecule has 1 aromatic carbocycles. The molecule has 94 valence electrons. The summed E-state index contributed by atoms with van der Waals surface area (Å²) in [4.78, 5) is 12.0. The van der Waals surface area contributed by atoms with Crippen LogP contribution in [0.3, 0.4) is 0 Å². The first-order valence-corrected chi connectivity index (χ1v) is 6.18. The Hall–Kier alpha value is -2.20. The van der Waals surface area contributed by atoms with E-state index in [1.54, 1.807) is 22.8 Å². The molecule has 0 bridgehead atoms. The van der Waals surface area contributed by atoms with E-state index in [-0.39, 0.29) is 5.56 Å². The number of hydrogen-bond donors (Lipinski definition) is 0. The zero-order chi connectivity index (χ0) is 13.2. The first-order valence-electron chi connectivity index (χ1n) is 5.81. The molecule has 4 nitrogen and oxygen atoms in total. The van der Waals surface area contributed by atoms with Gasteiger partial charge in [0.15, 0.2) is 5.15 Å². The van der Waals surface area contributed by atoms with Crippen LogP contribution in [-0.4, -0.2) is 14.8 Å². The average molecular weight is 272 g/mol. The van der Waals surface area contributed by atoms with E-state index >= 15 is 0 Å². The summed E-state index contributed by atoms with van der Waals surface area (Å²) < 4.78 is 1.67. The highest BCUT2D eigenvalue weighted by molar-refractivity contribution is 6.29. The SMILES string of the molecule is O=c1ccc2ccccc2n1Cc1ccc(Cl)nn1. The highest BCUT2D eigenvalue weighted by Gasteiger charge is 2.04. The fraction of sp³-hybridized carbons (Fsp3) is 0.0714. The van der Waals surface area contributed by atoms with E-state index in [1.807, 2.05) is 30.3 Å². The molecule has 19 heavy (non-hydrogen) atoms. The first kappa shape index (κ1) is 11.9. The summed E-state index contributed by atoms with van der Waals surface area (Å²) in [5, 5.41) is 9.12. The maximum atomic E-state index is 12.0.